The van der Waals surface area contributed by atoms with Gasteiger partial charge in [-0.3, -0.25) is 9.48 Å². The lowest BCUT2D eigenvalue weighted by atomic mass is 10.1. The zero-order chi connectivity index (χ0) is 17.9. The van der Waals surface area contributed by atoms with Gasteiger partial charge in [0.25, 0.3) is 5.91 Å². The fraction of sp³-hybridized carbons (Fsp3) is 0.353. The summed E-state index contributed by atoms with van der Waals surface area (Å²) >= 11 is 0. The number of benzene rings is 1. The number of amides is 1. The molecule has 1 N–H and O–H groups in total. The number of hydrogen-bond donors (Lipinski definition) is 1. The number of rotatable bonds is 5. The Bertz CT molecular complexity index is 780. The number of methoxy groups -OCH3 is 1. The predicted octanol–water partition coefficient (Wildman–Crippen LogP) is 2.15. The van der Waals surface area contributed by atoms with Gasteiger partial charge in [0.1, 0.15) is 5.75 Å². The minimum atomic E-state index is -0.566. The standard InChI is InChI=1S/C17H21N3O4/c1-10-6-7-13(8-11(10)2)24-9-14(21)18-15-12(3)19-20(4)16(15)17(22)23-5/h6-8H,9H2,1-5H3,(H,18,21). The highest BCUT2D eigenvalue weighted by molar-refractivity contribution is 6.01. The van der Waals surface area contributed by atoms with E-state index in [0.29, 0.717) is 17.1 Å². The summed E-state index contributed by atoms with van der Waals surface area (Å²) in [5, 5.41) is 6.80. The molecule has 1 aromatic carbocycles. The molecule has 0 spiro atoms. The Morgan fingerprint density at radius 2 is 1.92 bits per heavy atom. The number of ether oxygens (including phenoxy) is 2. The third-order valence-corrected chi connectivity index (χ3v) is 3.71. The summed E-state index contributed by atoms with van der Waals surface area (Å²) in [7, 11) is 2.89. The van der Waals surface area contributed by atoms with Crippen molar-refractivity contribution in [3.63, 3.8) is 0 Å². The molecule has 0 bridgehead atoms. The van der Waals surface area contributed by atoms with E-state index in [0.717, 1.165) is 11.1 Å². The molecule has 2 rings (SSSR count). The first kappa shape index (κ1) is 17.5. The van der Waals surface area contributed by atoms with E-state index >= 15 is 0 Å². The molecule has 7 nitrogen and oxygen atoms in total. The largest absolute Gasteiger partial charge is 0.484 e. The van der Waals surface area contributed by atoms with Crippen LogP contribution in [0.1, 0.15) is 27.3 Å². The Balaban J connectivity index is 2.07. The second kappa shape index (κ2) is 7.16. The van der Waals surface area contributed by atoms with Gasteiger partial charge in [0.05, 0.1) is 18.5 Å². The molecule has 0 fully saturated rings. The molecular weight excluding hydrogens is 310 g/mol. The van der Waals surface area contributed by atoms with Crippen molar-refractivity contribution in [3.8, 4) is 5.75 Å². The van der Waals surface area contributed by atoms with Crippen molar-refractivity contribution in [1.29, 1.82) is 0 Å². The number of aryl methyl sites for hydroxylation is 4. The molecule has 0 aliphatic rings. The molecule has 0 saturated carbocycles. The van der Waals surface area contributed by atoms with Crippen LogP contribution >= 0.6 is 0 Å². The van der Waals surface area contributed by atoms with Crippen molar-refractivity contribution in [2.75, 3.05) is 19.0 Å². The maximum absolute atomic E-state index is 12.1. The topological polar surface area (TPSA) is 82.4 Å². The van der Waals surface area contributed by atoms with Gasteiger partial charge in [-0.1, -0.05) is 6.07 Å². The zero-order valence-electron chi connectivity index (χ0n) is 14.5. The van der Waals surface area contributed by atoms with Crippen molar-refractivity contribution in [1.82, 2.24) is 9.78 Å². The maximum atomic E-state index is 12.1. The molecule has 24 heavy (non-hydrogen) atoms. The molecule has 7 heteroatoms. The smallest absolute Gasteiger partial charge is 0.358 e. The number of carbonyl (C=O) groups is 2. The van der Waals surface area contributed by atoms with Gasteiger partial charge in [0.15, 0.2) is 12.3 Å². The number of esters is 1. The molecule has 0 atom stereocenters. The Kier molecular flexibility index (Phi) is 5.23. The average Bonchev–Trinajstić information content (AvgIpc) is 2.81. The Morgan fingerprint density at radius 3 is 2.54 bits per heavy atom. The van der Waals surface area contributed by atoms with E-state index in [2.05, 4.69) is 10.4 Å². The van der Waals surface area contributed by atoms with Crippen LogP contribution in [0.4, 0.5) is 5.69 Å². The van der Waals surface area contributed by atoms with Crippen LogP contribution in [0.25, 0.3) is 0 Å². The van der Waals surface area contributed by atoms with Gasteiger partial charge in [0, 0.05) is 7.05 Å². The Morgan fingerprint density at radius 1 is 1.21 bits per heavy atom. The molecule has 2 aromatic rings. The minimum absolute atomic E-state index is 0.169. The molecular formula is C17H21N3O4. The molecule has 1 amide bonds. The number of hydrogen-bond acceptors (Lipinski definition) is 5. The average molecular weight is 331 g/mol. The fourth-order valence-corrected chi connectivity index (χ4v) is 2.27. The normalized spacial score (nSPS) is 10.4. The summed E-state index contributed by atoms with van der Waals surface area (Å²) < 4.78 is 11.6. The highest BCUT2D eigenvalue weighted by Crippen LogP contribution is 2.21. The number of aromatic nitrogens is 2. The number of carbonyl (C=O) groups excluding carboxylic acids is 2. The van der Waals surface area contributed by atoms with Crippen LogP contribution in [-0.4, -0.2) is 35.4 Å². The van der Waals surface area contributed by atoms with Gasteiger partial charge >= 0.3 is 5.97 Å². The lowest BCUT2D eigenvalue weighted by Gasteiger charge is -2.10. The summed E-state index contributed by atoms with van der Waals surface area (Å²) in [5.41, 5.74) is 3.29. The van der Waals surface area contributed by atoms with E-state index in [1.54, 1.807) is 14.0 Å². The van der Waals surface area contributed by atoms with Crippen LogP contribution in [0.5, 0.6) is 5.75 Å². The molecule has 0 aliphatic heterocycles. The molecule has 0 saturated heterocycles. The van der Waals surface area contributed by atoms with Gasteiger partial charge in [-0.2, -0.15) is 5.10 Å². The van der Waals surface area contributed by atoms with Gasteiger partial charge in [0.2, 0.25) is 0 Å². The Labute approximate surface area is 140 Å². The first-order valence-corrected chi connectivity index (χ1v) is 7.45. The van der Waals surface area contributed by atoms with Crippen molar-refractivity contribution in [2.45, 2.75) is 20.8 Å². The van der Waals surface area contributed by atoms with Crippen LogP contribution < -0.4 is 10.1 Å². The summed E-state index contributed by atoms with van der Waals surface area (Å²) in [5.74, 6) is -0.331. The van der Waals surface area contributed by atoms with Crippen molar-refractivity contribution < 1.29 is 19.1 Å². The number of nitrogens with zero attached hydrogens (tertiary/aromatic N) is 2. The van der Waals surface area contributed by atoms with Crippen LogP contribution in [0.2, 0.25) is 0 Å². The third kappa shape index (κ3) is 3.73. The summed E-state index contributed by atoms with van der Waals surface area (Å²) in [4.78, 5) is 24.0. The lowest BCUT2D eigenvalue weighted by Crippen LogP contribution is -2.22. The third-order valence-electron chi connectivity index (χ3n) is 3.71. The molecule has 0 unspecified atom stereocenters. The van der Waals surface area contributed by atoms with Crippen LogP contribution in [0.15, 0.2) is 18.2 Å². The second-order valence-electron chi connectivity index (χ2n) is 5.51. The lowest BCUT2D eigenvalue weighted by molar-refractivity contribution is -0.118. The monoisotopic (exact) mass is 331 g/mol. The molecule has 0 radical (unpaired) electrons. The highest BCUT2D eigenvalue weighted by atomic mass is 16.5. The summed E-state index contributed by atoms with van der Waals surface area (Å²) in [6, 6.07) is 5.62. The highest BCUT2D eigenvalue weighted by Gasteiger charge is 2.22. The van der Waals surface area contributed by atoms with Crippen molar-refractivity contribution in [2.24, 2.45) is 7.05 Å². The van der Waals surface area contributed by atoms with E-state index in [1.807, 2.05) is 32.0 Å². The number of anilines is 1. The van der Waals surface area contributed by atoms with Gasteiger partial charge in [-0.15, -0.1) is 0 Å². The maximum Gasteiger partial charge on any atom is 0.358 e. The van der Waals surface area contributed by atoms with Crippen LogP contribution in [0, 0.1) is 20.8 Å². The quantitative estimate of drug-likeness (QED) is 0.849. The van der Waals surface area contributed by atoms with Gasteiger partial charge in [-0.05, 0) is 44.0 Å². The summed E-state index contributed by atoms with van der Waals surface area (Å²) in [6.45, 7) is 5.51. The van der Waals surface area contributed by atoms with E-state index in [4.69, 9.17) is 9.47 Å². The van der Waals surface area contributed by atoms with Gasteiger partial charge < -0.3 is 14.8 Å². The predicted molar refractivity (Wildman–Crippen MR) is 89.3 cm³/mol. The first-order valence-electron chi connectivity index (χ1n) is 7.45. The number of nitrogens with one attached hydrogen (secondary N) is 1. The second-order valence-corrected chi connectivity index (χ2v) is 5.51. The minimum Gasteiger partial charge on any atom is -0.484 e. The fourth-order valence-electron chi connectivity index (χ4n) is 2.27. The van der Waals surface area contributed by atoms with Crippen molar-refractivity contribution in [3.05, 3.63) is 40.7 Å². The molecule has 128 valence electrons. The summed E-state index contributed by atoms with van der Waals surface area (Å²) in [6.07, 6.45) is 0. The van der Waals surface area contributed by atoms with Crippen molar-refractivity contribution >= 4 is 17.6 Å². The Hall–Kier alpha value is -2.83. The van der Waals surface area contributed by atoms with E-state index in [-0.39, 0.29) is 18.2 Å². The van der Waals surface area contributed by atoms with E-state index < -0.39 is 5.97 Å². The first-order chi connectivity index (χ1) is 11.3. The molecule has 0 aliphatic carbocycles. The van der Waals surface area contributed by atoms with Crippen LogP contribution in [-0.2, 0) is 16.6 Å². The molecule has 1 aromatic heterocycles. The zero-order valence-corrected chi connectivity index (χ0v) is 14.5. The van der Waals surface area contributed by atoms with E-state index in [9.17, 15) is 9.59 Å². The van der Waals surface area contributed by atoms with Crippen LogP contribution in [0.3, 0.4) is 0 Å². The SMILES string of the molecule is COC(=O)c1c(NC(=O)COc2ccc(C)c(C)c2)c(C)nn1C. The van der Waals surface area contributed by atoms with E-state index in [1.165, 1.54) is 11.8 Å². The molecule has 1 heterocycles. The van der Waals surface area contributed by atoms with Gasteiger partial charge in [-0.25, -0.2) is 4.79 Å².